The third-order valence-electron chi connectivity index (χ3n) is 4.46. The molecule has 0 saturated heterocycles. The second-order valence-corrected chi connectivity index (χ2v) is 5.99. The number of carbonyl (C=O) groups excluding carboxylic acids is 1. The molecular formula is C22H18N2O3. The highest BCUT2D eigenvalue weighted by molar-refractivity contribution is 5.97. The fraction of sp³-hybridized carbons (Fsp3) is 0.0909. The summed E-state index contributed by atoms with van der Waals surface area (Å²) in [4.78, 5) is 17.1. The smallest absolute Gasteiger partial charge is 0.338 e. The van der Waals surface area contributed by atoms with E-state index in [0.29, 0.717) is 11.4 Å². The van der Waals surface area contributed by atoms with E-state index in [0.717, 1.165) is 28.0 Å². The van der Waals surface area contributed by atoms with E-state index in [1.165, 1.54) is 7.11 Å². The molecule has 0 unspecified atom stereocenters. The van der Waals surface area contributed by atoms with Gasteiger partial charge in [0.15, 0.2) is 0 Å². The number of aromatic nitrogens is 2. The van der Waals surface area contributed by atoms with Crippen molar-refractivity contribution in [2.24, 2.45) is 0 Å². The summed E-state index contributed by atoms with van der Waals surface area (Å²) in [7, 11) is 3.02. The summed E-state index contributed by atoms with van der Waals surface area (Å²) >= 11 is 0. The number of methoxy groups -OCH3 is 2. The number of ether oxygens (including phenoxy) is 2. The molecule has 0 bridgehead atoms. The Morgan fingerprint density at radius 3 is 2.33 bits per heavy atom. The first-order valence-electron chi connectivity index (χ1n) is 8.52. The summed E-state index contributed by atoms with van der Waals surface area (Å²) in [5, 5.41) is 0. The number of carbonyl (C=O) groups is 1. The second kappa shape index (κ2) is 6.96. The van der Waals surface area contributed by atoms with E-state index in [9.17, 15) is 4.79 Å². The van der Waals surface area contributed by atoms with Crippen LogP contribution in [0.15, 0.2) is 72.8 Å². The summed E-state index contributed by atoms with van der Waals surface area (Å²) < 4.78 is 12.3. The van der Waals surface area contributed by atoms with Crippen molar-refractivity contribution >= 4 is 17.0 Å². The van der Waals surface area contributed by atoms with E-state index in [1.54, 1.807) is 13.2 Å². The molecule has 0 fully saturated rings. The van der Waals surface area contributed by atoms with Gasteiger partial charge >= 0.3 is 5.97 Å². The zero-order chi connectivity index (χ0) is 18.8. The Morgan fingerprint density at radius 2 is 1.59 bits per heavy atom. The minimum atomic E-state index is -0.390. The molecule has 0 spiro atoms. The molecule has 0 N–H and O–H groups in total. The standard InChI is InChI=1S/C22H18N2O3/c1-26-16-13-11-15(12-14-16)24-20-10-6-5-9-19(20)23-21(24)17-7-3-4-8-18(17)22(25)27-2/h3-14H,1-2H3. The van der Waals surface area contributed by atoms with Gasteiger partial charge in [0.1, 0.15) is 11.6 Å². The lowest BCUT2D eigenvalue weighted by molar-refractivity contribution is 0.0601. The number of rotatable bonds is 4. The first kappa shape index (κ1) is 16.8. The van der Waals surface area contributed by atoms with Crippen LogP contribution >= 0.6 is 0 Å². The van der Waals surface area contributed by atoms with Crippen molar-refractivity contribution in [2.75, 3.05) is 14.2 Å². The van der Waals surface area contributed by atoms with Crippen LogP contribution in [0, 0.1) is 0 Å². The Morgan fingerprint density at radius 1 is 0.889 bits per heavy atom. The third kappa shape index (κ3) is 2.93. The Hall–Kier alpha value is -3.60. The van der Waals surface area contributed by atoms with Crippen LogP contribution in [0.5, 0.6) is 5.75 Å². The first-order valence-corrected chi connectivity index (χ1v) is 8.52. The van der Waals surface area contributed by atoms with E-state index < -0.39 is 0 Å². The molecule has 1 aromatic heterocycles. The van der Waals surface area contributed by atoms with Gasteiger partial charge in [-0.2, -0.15) is 0 Å². The van der Waals surface area contributed by atoms with E-state index in [-0.39, 0.29) is 5.97 Å². The first-order chi connectivity index (χ1) is 13.2. The van der Waals surface area contributed by atoms with E-state index in [1.807, 2.05) is 71.3 Å². The quantitative estimate of drug-likeness (QED) is 0.505. The third-order valence-corrected chi connectivity index (χ3v) is 4.46. The van der Waals surface area contributed by atoms with Crippen LogP contribution in [-0.2, 0) is 4.74 Å². The molecular weight excluding hydrogens is 340 g/mol. The summed E-state index contributed by atoms with van der Waals surface area (Å²) in [5.41, 5.74) is 3.93. The maximum absolute atomic E-state index is 12.3. The number of esters is 1. The molecule has 4 rings (SSSR count). The predicted octanol–water partition coefficient (Wildman–Crippen LogP) is 4.49. The highest BCUT2D eigenvalue weighted by Gasteiger charge is 2.20. The number of para-hydroxylation sites is 2. The minimum absolute atomic E-state index is 0.390. The molecule has 27 heavy (non-hydrogen) atoms. The zero-order valence-electron chi connectivity index (χ0n) is 15.0. The molecule has 5 heteroatoms. The molecule has 0 atom stereocenters. The average Bonchev–Trinajstić information content (AvgIpc) is 3.12. The van der Waals surface area contributed by atoms with E-state index in [2.05, 4.69) is 0 Å². The van der Waals surface area contributed by atoms with Crippen molar-refractivity contribution in [1.82, 2.24) is 9.55 Å². The van der Waals surface area contributed by atoms with Crippen molar-refractivity contribution < 1.29 is 14.3 Å². The normalized spacial score (nSPS) is 10.7. The summed E-state index contributed by atoms with van der Waals surface area (Å²) in [6.45, 7) is 0. The van der Waals surface area contributed by atoms with Gasteiger partial charge in [0.2, 0.25) is 0 Å². The molecule has 0 aliphatic heterocycles. The monoisotopic (exact) mass is 358 g/mol. The zero-order valence-corrected chi connectivity index (χ0v) is 15.0. The lowest BCUT2D eigenvalue weighted by Gasteiger charge is -2.12. The number of hydrogen-bond acceptors (Lipinski definition) is 4. The highest BCUT2D eigenvalue weighted by atomic mass is 16.5. The van der Waals surface area contributed by atoms with Gasteiger partial charge in [-0.3, -0.25) is 4.57 Å². The molecule has 1 heterocycles. The number of nitrogens with zero attached hydrogens (tertiary/aromatic N) is 2. The number of fused-ring (bicyclic) bond motifs is 1. The summed E-state index contributed by atoms with van der Waals surface area (Å²) in [5.74, 6) is 1.07. The van der Waals surface area contributed by atoms with Gasteiger partial charge in [-0.15, -0.1) is 0 Å². The Balaban J connectivity index is 2.01. The lowest BCUT2D eigenvalue weighted by atomic mass is 10.1. The van der Waals surface area contributed by atoms with Gasteiger partial charge < -0.3 is 9.47 Å². The molecule has 0 aliphatic rings. The number of imidazole rings is 1. The molecule has 0 saturated carbocycles. The van der Waals surface area contributed by atoms with Crippen molar-refractivity contribution in [3.05, 3.63) is 78.4 Å². The van der Waals surface area contributed by atoms with E-state index in [4.69, 9.17) is 14.5 Å². The lowest BCUT2D eigenvalue weighted by Crippen LogP contribution is -2.06. The van der Waals surface area contributed by atoms with Crippen molar-refractivity contribution in [3.63, 3.8) is 0 Å². The second-order valence-electron chi connectivity index (χ2n) is 5.99. The van der Waals surface area contributed by atoms with Crippen LogP contribution in [0.2, 0.25) is 0 Å². The van der Waals surface area contributed by atoms with Crippen molar-refractivity contribution in [2.45, 2.75) is 0 Å². The highest BCUT2D eigenvalue weighted by Crippen LogP contribution is 2.31. The summed E-state index contributed by atoms with van der Waals surface area (Å²) in [6, 6.07) is 23.0. The Labute approximate surface area is 156 Å². The molecule has 134 valence electrons. The molecule has 3 aromatic carbocycles. The van der Waals surface area contributed by atoms with Crippen LogP contribution in [0.25, 0.3) is 28.1 Å². The number of benzene rings is 3. The van der Waals surface area contributed by atoms with Crippen molar-refractivity contribution in [1.29, 1.82) is 0 Å². The van der Waals surface area contributed by atoms with Gasteiger partial charge in [0.05, 0.1) is 30.8 Å². The maximum atomic E-state index is 12.3. The fourth-order valence-corrected chi connectivity index (χ4v) is 3.17. The van der Waals surface area contributed by atoms with Crippen LogP contribution < -0.4 is 4.74 Å². The minimum Gasteiger partial charge on any atom is -0.497 e. The molecule has 4 aromatic rings. The maximum Gasteiger partial charge on any atom is 0.338 e. The van der Waals surface area contributed by atoms with E-state index >= 15 is 0 Å². The van der Waals surface area contributed by atoms with Gasteiger partial charge in [0.25, 0.3) is 0 Å². The van der Waals surface area contributed by atoms with Crippen LogP contribution in [0.4, 0.5) is 0 Å². The molecule has 5 nitrogen and oxygen atoms in total. The largest absolute Gasteiger partial charge is 0.497 e. The molecule has 0 aliphatic carbocycles. The Kier molecular flexibility index (Phi) is 4.34. The van der Waals surface area contributed by atoms with Crippen molar-refractivity contribution in [3.8, 4) is 22.8 Å². The summed E-state index contributed by atoms with van der Waals surface area (Å²) in [6.07, 6.45) is 0. The van der Waals surface area contributed by atoms with Crippen LogP contribution in [0.3, 0.4) is 0 Å². The molecule has 0 radical (unpaired) electrons. The average molecular weight is 358 g/mol. The SMILES string of the molecule is COC(=O)c1ccccc1-c1nc2ccccc2n1-c1ccc(OC)cc1. The van der Waals surface area contributed by atoms with Crippen LogP contribution in [-0.4, -0.2) is 29.7 Å². The van der Waals surface area contributed by atoms with Gasteiger partial charge in [-0.1, -0.05) is 30.3 Å². The number of hydrogen-bond donors (Lipinski definition) is 0. The predicted molar refractivity (Wildman–Crippen MR) is 104 cm³/mol. The van der Waals surface area contributed by atoms with Gasteiger partial charge in [-0.25, -0.2) is 9.78 Å². The van der Waals surface area contributed by atoms with Gasteiger partial charge in [0, 0.05) is 11.3 Å². The van der Waals surface area contributed by atoms with Crippen LogP contribution in [0.1, 0.15) is 10.4 Å². The Bertz CT molecular complexity index is 1110. The topological polar surface area (TPSA) is 53.3 Å². The van der Waals surface area contributed by atoms with Gasteiger partial charge in [-0.05, 0) is 42.5 Å². The molecule has 0 amide bonds. The fourth-order valence-electron chi connectivity index (χ4n) is 3.17.